The number of carbonyl (C=O) groups excluding carboxylic acids is 1. The summed E-state index contributed by atoms with van der Waals surface area (Å²) in [5.74, 6) is 1.06. The lowest BCUT2D eigenvalue weighted by Gasteiger charge is -2.36. The standard InChI is InChI=1S/C20H23ClN4O4S/c1-29-18-4-3-17(21)12-16(18)13-23-6-8-24(9-7-23)20(26)15-2-5-19-22-30(27,28)11-10-25(19)14-15/h2-5,12,14H,6-11,13H2,1H3. The van der Waals surface area contributed by atoms with Crippen LogP contribution in [0.1, 0.15) is 5.56 Å². The van der Waals surface area contributed by atoms with Crippen LogP contribution in [0.15, 0.2) is 46.5 Å². The number of amides is 1. The van der Waals surface area contributed by atoms with Gasteiger partial charge in [-0.1, -0.05) is 11.6 Å². The molecule has 0 aromatic heterocycles. The molecule has 0 radical (unpaired) electrons. The summed E-state index contributed by atoms with van der Waals surface area (Å²) in [5, 5.41) is 0.670. The van der Waals surface area contributed by atoms with Crippen molar-refractivity contribution in [2.45, 2.75) is 6.54 Å². The van der Waals surface area contributed by atoms with Crippen LogP contribution in [0.3, 0.4) is 0 Å². The number of methoxy groups -OCH3 is 1. The third kappa shape index (κ3) is 4.53. The van der Waals surface area contributed by atoms with Crippen LogP contribution in [0, 0.1) is 0 Å². The molecule has 1 saturated heterocycles. The van der Waals surface area contributed by atoms with Crippen LogP contribution < -0.4 is 4.74 Å². The van der Waals surface area contributed by atoms with Crippen molar-refractivity contribution in [3.05, 3.63) is 52.7 Å². The summed E-state index contributed by atoms with van der Waals surface area (Å²) >= 11 is 6.12. The third-order valence-corrected chi connectivity index (χ3v) is 6.77. The number of ether oxygens (including phenoxy) is 1. The van der Waals surface area contributed by atoms with E-state index in [1.54, 1.807) is 36.4 Å². The Morgan fingerprint density at radius 1 is 1.17 bits per heavy atom. The van der Waals surface area contributed by atoms with Crippen molar-refractivity contribution in [1.82, 2.24) is 14.7 Å². The summed E-state index contributed by atoms with van der Waals surface area (Å²) in [5.41, 5.74) is 1.56. The molecule has 3 heterocycles. The van der Waals surface area contributed by atoms with Gasteiger partial charge in [-0.25, -0.2) is 8.42 Å². The van der Waals surface area contributed by atoms with Gasteiger partial charge in [0, 0.05) is 56.1 Å². The van der Waals surface area contributed by atoms with Gasteiger partial charge >= 0.3 is 0 Å². The molecular weight excluding hydrogens is 428 g/mol. The highest BCUT2D eigenvalue weighted by molar-refractivity contribution is 7.90. The van der Waals surface area contributed by atoms with Crippen molar-refractivity contribution < 1.29 is 17.9 Å². The Kier molecular flexibility index (Phi) is 5.86. The van der Waals surface area contributed by atoms with E-state index in [1.807, 2.05) is 17.0 Å². The van der Waals surface area contributed by atoms with E-state index in [9.17, 15) is 13.2 Å². The average molecular weight is 451 g/mol. The predicted octanol–water partition coefficient (Wildman–Crippen LogP) is 1.49. The minimum absolute atomic E-state index is 0.0477. The molecule has 0 spiro atoms. The van der Waals surface area contributed by atoms with E-state index in [4.69, 9.17) is 16.3 Å². The summed E-state index contributed by atoms with van der Waals surface area (Å²) in [6, 6.07) is 5.58. The number of halogens is 1. The second-order valence-corrected chi connectivity index (χ2v) is 9.56. The third-order valence-electron chi connectivity index (χ3n) is 5.37. The molecule has 0 atom stereocenters. The Morgan fingerprint density at radius 3 is 2.67 bits per heavy atom. The number of hydrogen-bond acceptors (Lipinski definition) is 6. The van der Waals surface area contributed by atoms with E-state index < -0.39 is 10.0 Å². The highest BCUT2D eigenvalue weighted by Gasteiger charge is 2.28. The number of piperazine rings is 1. The lowest BCUT2D eigenvalue weighted by molar-refractivity contribution is -0.128. The number of amidine groups is 1. The fraction of sp³-hybridized carbons (Fsp3) is 0.400. The van der Waals surface area contributed by atoms with E-state index >= 15 is 0 Å². The number of nitrogens with zero attached hydrogens (tertiary/aromatic N) is 4. The van der Waals surface area contributed by atoms with E-state index in [2.05, 4.69) is 9.30 Å². The Bertz CT molecular complexity index is 1040. The molecule has 3 aliphatic heterocycles. The summed E-state index contributed by atoms with van der Waals surface area (Å²) in [6.45, 7) is 3.72. The molecule has 10 heteroatoms. The van der Waals surface area contributed by atoms with Crippen LogP contribution >= 0.6 is 11.6 Å². The van der Waals surface area contributed by atoms with Gasteiger partial charge in [0.15, 0.2) is 0 Å². The number of rotatable bonds is 4. The molecular formula is C20H23ClN4O4S. The molecule has 160 valence electrons. The van der Waals surface area contributed by atoms with Crippen molar-refractivity contribution in [3.8, 4) is 5.75 Å². The summed E-state index contributed by atoms with van der Waals surface area (Å²) in [6.07, 6.45) is 4.92. The minimum Gasteiger partial charge on any atom is -0.496 e. The summed E-state index contributed by atoms with van der Waals surface area (Å²) in [4.78, 5) is 18.7. The number of sulfonamides is 1. The smallest absolute Gasteiger partial charge is 0.256 e. The zero-order chi connectivity index (χ0) is 21.3. The molecule has 1 aromatic rings. The Labute approximate surface area is 181 Å². The maximum Gasteiger partial charge on any atom is 0.256 e. The van der Waals surface area contributed by atoms with Crippen LogP contribution in [0.2, 0.25) is 5.02 Å². The number of benzene rings is 1. The monoisotopic (exact) mass is 450 g/mol. The van der Waals surface area contributed by atoms with Gasteiger partial charge in [-0.3, -0.25) is 9.69 Å². The number of carbonyl (C=O) groups is 1. The van der Waals surface area contributed by atoms with Crippen LogP contribution in [0.25, 0.3) is 0 Å². The number of hydrogen-bond donors (Lipinski definition) is 0. The first-order valence-corrected chi connectivity index (χ1v) is 11.7. The van der Waals surface area contributed by atoms with Crippen LogP contribution in [0.4, 0.5) is 0 Å². The molecule has 8 nitrogen and oxygen atoms in total. The van der Waals surface area contributed by atoms with Gasteiger partial charge in [0.05, 0.1) is 18.4 Å². The van der Waals surface area contributed by atoms with Gasteiger partial charge in [0.1, 0.15) is 11.6 Å². The zero-order valence-electron chi connectivity index (χ0n) is 16.6. The largest absolute Gasteiger partial charge is 0.496 e. The number of fused-ring (bicyclic) bond motifs is 1. The molecule has 3 aliphatic rings. The second kappa shape index (κ2) is 8.41. The first-order chi connectivity index (χ1) is 14.3. The van der Waals surface area contributed by atoms with Crippen LogP contribution in [-0.4, -0.2) is 80.4 Å². The van der Waals surface area contributed by atoms with Crippen LogP contribution in [0.5, 0.6) is 5.75 Å². The maximum absolute atomic E-state index is 12.9. The van der Waals surface area contributed by atoms with Gasteiger partial charge in [-0.05, 0) is 30.4 Å². The molecule has 1 amide bonds. The van der Waals surface area contributed by atoms with E-state index in [1.165, 1.54) is 0 Å². The molecule has 30 heavy (non-hydrogen) atoms. The maximum atomic E-state index is 12.9. The first-order valence-electron chi connectivity index (χ1n) is 9.68. The quantitative estimate of drug-likeness (QED) is 0.691. The Balaban J connectivity index is 1.37. The zero-order valence-corrected chi connectivity index (χ0v) is 18.2. The molecule has 0 unspecified atom stereocenters. The van der Waals surface area contributed by atoms with Crippen molar-refractivity contribution in [2.75, 3.05) is 45.6 Å². The molecule has 0 saturated carbocycles. The topological polar surface area (TPSA) is 82.5 Å². The normalized spacial score (nSPS) is 21.0. The minimum atomic E-state index is -3.40. The van der Waals surface area contributed by atoms with Gasteiger partial charge in [0.25, 0.3) is 15.9 Å². The van der Waals surface area contributed by atoms with Gasteiger partial charge < -0.3 is 14.5 Å². The lowest BCUT2D eigenvalue weighted by atomic mass is 10.1. The molecule has 0 aliphatic carbocycles. The highest BCUT2D eigenvalue weighted by Crippen LogP contribution is 2.25. The lowest BCUT2D eigenvalue weighted by Crippen LogP contribution is -2.49. The van der Waals surface area contributed by atoms with Gasteiger partial charge in [-0.2, -0.15) is 0 Å². The fourth-order valence-corrected chi connectivity index (χ4v) is 4.89. The highest BCUT2D eigenvalue weighted by atomic mass is 35.5. The van der Waals surface area contributed by atoms with Gasteiger partial charge in [-0.15, -0.1) is 4.40 Å². The summed E-state index contributed by atoms with van der Waals surface area (Å²) < 4.78 is 32.4. The SMILES string of the molecule is COc1ccc(Cl)cc1CN1CCN(C(=O)C2=CN3CCS(=O)(=O)N=C3C=C2)CC1. The molecule has 0 bridgehead atoms. The van der Waals surface area contributed by atoms with Crippen LogP contribution in [-0.2, 0) is 21.4 Å². The Hall–Kier alpha value is -2.36. The first kappa shape index (κ1) is 20.9. The van der Waals surface area contributed by atoms with E-state index in [-0.39, 0.29) is 11.7 Å². The van der Waals surface area contributed by atoms with Crippen molar-refractivity contribution in [2.24, 2.45) is 4.40 Å². The predicted molar refractivity (Wildman–Crippen MR) is 115 cm³/mol. The average Bonchev–Trinajstić information content (AvgIpc) is 2.73. The second-order valence-electron chi connectivity index (χ2n) is 7.37. The molecule has 0 N–H and O–H groups in total. The van der Waals surface area contributed by atoms with Crippen molar-refractivity contribution in [1.29, 1.82) is 0 Å². The molecule has 4 rings (SSSR count). The fourth-order valence-electron chi connectivity index (χ4n) is 3.73. The van der Waals surface area contributed by atoms with Gasteiger partial charge in [0.2, 0.25) is 0 Å². The Morgan fingerprint density at radius 2 is 1.93 bits per heavy atom. The van der Waals surface area contributed by atoms with E-state index in [0.717, 1.165) is 24.4 Å². The van der Waals surface area contributed by atoms with E-state index in [0.29, 0.717) is 42.6 Å². The van der Waals surface area contributed by atoms with Crippen molar-refractivity contribution in [3.63, 3.8) is 0 Å². The van der Waals surface area contributed by atoms with Crippen molar-refractivity contribution >= 4 is 33.4 Å². The summed E-state index contributed by atoms with van der Waals surface area (Å²) in [7, 11) is -1.76. The molecule has 1 aromatic carbocycles. The molecule has 1 fully saturated rings.